The Morgan fingerprint density at radius 3 is 0.934 bits per heavy atom. The zero-order chi connectivity index (χ0) is 50.2. The normalized spacial score (nSPS) is 12.1. The number of benzene rings is 14. The van der Waals surface area contributed by atoms with Crippen molar-refractivity contribution in [2.24, 2.45) is 0 Å². The maximum atomic E-state index is 14.8. The SMILES string of the molecule is Fc1ccc(-c2ccc(-c3ccccc3)c3c2-c2ccc4c5c(-c6cc(-c7ccccc7)cc(-c7ccccc7)c6)cc6c7c(ccc(c8ccc-3c2c84)c75)-c2c(-c3ccccc3)ccc(-c3ccc(F)cc3)c2-6)cc1. The Labute approximate surface area is 438 Å². The molecule has 0 aliphatic heterocycles. The van der Waals surface area contributed by atoms with Crippen molar-refractivity contribution < 1.29 is 8.78 Å². The fourth-order valence-electron chi connectivity index (χ4n) is 13.2. The van der Waals surface area contributed by atoms with E-state index in [-0.39, 0.29) is 11.6 Å². The summed E-state index contributed by atoms with van der Waals surface area (Å²) < 4.78 is 29.4. The summed E-state index contributed by atoms with van der Waals surface area (Å²) in [6.07, 6.45) is 0. The molecule has 0 aromatic heterocycles. The van der Waals surface area contributed by atoms with Crippen molar-refractivity contribution in [1.29, 1.82) is 0 Å². The summed E-state index contributed by atoms with van der Waals surface area (Å²) in [5, 5.41) is 9.76. The first-order valence-corrected chi connectivity index (χ1v) is 26.0. The van der Waals surface area contributed by atoms with Crippen LogP contribution in [0.15, 0.2) is 255 Å². The van der Waals surface area contributed by atoms with E-state index in [1.165, 1.54) is 87.6 Å². The van der Waals surface area contributed by atoms with Crippen LogP contribution in [-0.4, -0.2) is 0 Å². The fraction of sp³-hybridized carbons (Fsp3) is 0. The van der Waals surface area contributed by atoms with Crippen molar-refractivity contribution in [1.82, 2.24) is 0 Å². The molecule has 0 radical (unpaired) electrons. The number of rotatable bonds is 7. The molecule has 16 rings (SSSR count). The minimum absolute atomic E-state index is 0.252. The summed E-state index contributed by atoms with van der Waals surface area (Å²) in [4.78, 5) is 0. The quantitative estimate of drug-likeness (QED) is 0.110. The predicted molar refractivity (Wildman–Crippen MR) is 314 cm³/mol. The van der Waals surface area contributed by atoms with Crippen LogP contribution >= 0.6 is 0 Å². The van der Waals surface area contributed by atoms with Gasteiger partial charge in [0.25, 0.3) is 0 Å². The van der Waals surface area contributed by atoms with Gasteiger partial charge in [0.1, 0.15) is 11.6 Å². The second kappa shape index (κ2) is 16.4. The lowest BCUT2D eigenvalue weighted by Crippen LogP contribution is -1.93. The molecule has 0 spiro atoms. The van der Waals surface area contributed by atoms with Crippen LogP contribution < -0.4 is 0 Å². The third kappa shape index (κ3) is 6.22. The van der Waals surface area contributed by atoms with Crippen molar-refractivity contribution in [3.05, 3.63) is 266 Å². The van der Waals surface area contributed by atoms with E-state index in [2.05, 4.69) is 206 Å². The van der Waals surface area contributed by atoms with Gasteiger partial charge in [0.2, 0.25) is 0 Å². The molecule has 0 atom stereocenters. The van der Waals surface area contributed by atoms with Crippen molar-refractivity contribution in [2.75, 3.05) is 0 Å². The molecule has 14 aromatic rings. The number of fused-ring (bicyclic) bond motifs is 8. The van der Waals surface area contributed by atoms with Crippen LogP contribution in [0, 0.1) is 11.6 Å². The molecular weight excluding hydrogens is 927 g/mol. The maximum absolute atomic E-state index is 14.8. The molecule has 2 aliphatic rings. The van der Waals surface area contributed by atoms with Gasteiger partial charge in [-0.15, -0.1) is 0 Å². The molecule has 0 amide bonds. The lowest BCUT2D eigenvalue weighted by atomic mass is 9.82. The molecule has 2 heteroatoms. The van der Waals surface area contributed by atoms with Gasteiger partial charge in [-0.1, -0.05) is 206 Å². The van der Waals surface area contributed by atoms with Crippen molar-refractivity contribution >= 4 is 43.1 Å². The zero-order valence-corrected chi connectivity index (χ0v) is 41.0. The van der Waals surface area contributed by atoms with Gasteiger partial charge in [0.05, 0.1) is 0 Å². The van der Waals surface area contributed by atoms with Crippen LogP contribution in [0.1, 0.15) is 0 Å². The van der Waals surface area contributed by atoms with Gasteiger partial charge in [-0.05, 0) is 214 Å². The predicted octanol–water partition coefficient (Wildman–Crippen LogP) is 21.0. The monoisotopic (exact) mass is 968 g/mol. The van der Waals surface area contributed by atoms with Gasteiger partial charge in [0, 0.05) is 0 Å². The molecule has 0 heterocycles. The van der Waals surface area contributed by atoms with Crippen LogP contribution in [0.5, 0.6) is 0 Å². The highest BCUT2D eigenvalue weighted by Crippen LogP contribution is 2.62. The summed E-state index contributed by atoms with van der Waals surface area (Å²) in [5.74, 6) is -0.509. The molecule has 14 aromatic carbocycles. The third-order valence-corrected chi connectivity index (χ3v) is 16.4. The van der Waals surface area contributed by atoms with Gasteiger partial charge >= 0.3 is 0 Å². The highest BCUT2D eigenvalue weighted by atomic mass is 19.1. The molecule has 0 N–H and O–H groups in total. The van der Waals surface area contributed by atoms with E-state index in [9.17, 15) is 8.78 Å². The average Bonchev–Trinajstić information content (AvgIpc) is 4.20. The summed E-state index contributed by atoms with van der Waals surface area (Å²) in [5.41, 5.74) is 25.1. The van der Waals surface area contributed by atoms with Crippen molar-refractivity contribution in [3.8, 4) is 122 Å². The summed E-state index contributed by atoms with van der Waals surface area (Å²) in [6.45, 7) is 0. The first-order valence-electron chi connectivity index (χ1n) is 26.0. The van der Waals surface area contributed by atoms with Gasteiger partial charge in [-0.25, -0.2) is 8.78 Å². The average molecular weight is 969 g/mol. The lowest BCUT2D eigenvalue weighted by Gasteiger charge is -2.21. The van der Waals surface area contributed by atoms with Gasteiger partial charge in [-0.2, -0.15) is 0 Å². The van der Waals surface area contributed by atoms with Crippen molar-refractivity contribution in [2.45, 2.75) is 0 Å². The maximum Gasteiger partial charge on any atom is 0.123 e. The number of halogens is 2. The smallest absolute Gasteiger partial charge is 0.123 e. The fourth-order valence-corrected chi connectivity index (χ4v) is 13.2. The Balaban J connectivity index is 1.08. The molecule has 0 bridgehead atoms. The minimum Gasteiger partial charge on any atom is -0.207 e. The minimum atomic E-state index is -0.257. The van der Waals surface area contributed by atoms with Gasteiger partial charge in [-0.3, -0.25) is 0 Å². The Morgan fingerprint density at radius 2 is 0.500 bits per heavy atom. The molecule has 2 aliphatic carbocycles. The number of hydrogen-bond acceptors (Lipinski definition) is 0. The van der Waals surface area contributed by atoms with E-state index >= 15 is 0 Å². The zero-order valence-electron chi connectivity index (χ0n) is 41.0. The van der Waals surface area contributed by atoms with Crippen LogP contribution in [0.3, 0.4) is 0 Å². The first kappa shape index (κ1) is 42.7. The van der Waals surface area contributed by atoms with E-state index in [1.54, 1.807) is 24.3 Å². The van der Waals surface area contributed by atoms with Crippen LogP contribution in [-0.2, 0) is 0 Å². The van der Waals surface area contributed by atoms with Crippen LogP contribution in [0.4, 0.5) is 8.78 Å². The highest BCUT2D eigenvalue weighted by molar-refractivity contribution is 6.43. The molecular formula is C74H42F2. The topological polar surface area (TPSA) is 0 Å². The van der Waals surface area contributed by atoms with E-state index in [0.29, 0.717) is 0 Å². The summed E-state index contributed by atoms with van der Waals surface area (Å²) >= 11 is 0. The molecule has 352 valence electrons. The van der Waals surface area contributed by atoms with Gasteiger partial charge < -0.3 is 0 Å². The third-order valence-electron chi connectivity index (χ3n) is 16.4. The Bertz CT molecular complexity index is 4640. The molecule has 76 heavy (non-hydrogen) atoms. The second-order valence-electron chi connectivity index (χ2n) is 20.4. The molecule has 0 saturated carbocycles. The molecule has 0 saturated heterocycles. The Kier molecular flexibility index (Phi) is 9.20. The standard InChI is InChI=1S/C74H42F2/c75-52-25-21-47(22-26-52)56-31-29-54(45-17-9-3-10-18-45)66-60-35-33-58-59-34-36-62-68-55(46-19-11-4-12-20-46)30-32-57(48-23-27-53(76)28-24-48)69(68)65-42-64(72(74(59)73(62)65)63-38-37-61(67(56)66)71(60)70(58)63)51-40-49(43-13-5-1-6-14-43)39-50(41-51)44-15-7-2-8-16-44/h1-42H. The van der Waals surface area contributed by atoms with E-state index in [0.717, 1.165) is 77.9 Å². The molecule has 0 nitrogen and oxygen atoms in total. The number of hydrogen-bond donors (Lipinski definition) is 0. The van der Waals surface area contributed by atoms with Crippen molar-refractivity contribution in [3.63, 3.8) is 0 Å². The Morgan fingerprint density at radius 1 is 0.171 bits per heavy atom. The van der Waals surface area contributed by atoms with Crippen LogP contribution in [0.2, 0.25) is 0 Å². The first-order chi connectivity index (χ1) is 37.5. The van der Waals surface area contributed by atoms with E-state index in [4.69, 9.17) is 0 Å². The molecule has 0 fully saturated rings. The summed E-state index contributed by atoms with van der Waals surface area (Å²) in [6, 6.07) is 89.6. The van der Waals surface area contributed by atoms with Crippen LogP contribution in [0.25, 0.3) is 165 Å². The van der Waals surface area contributed by atoms with E-state index in [1.807, 2.05) is 24.3 Å². The Hall–Kier alpha value is -9.76. The largest absolute Gasteiger partial charge is 0.207 e. The highest BCUT2D eigenvalue weighted by Gasteiger charge is 2.34. The second-order valence-corrected chi connectivity index (χ2v) is 20.4. The summed E-state index contributed by atoms with van der Waals surface area (Å²) in [7, 11) is 0. The lowest BCUT2D eigenvalue weighted by molar-refractivity contribution is 0.627. The van der Waals surface area contributed by atoms with E-state index < -0.39 is 0 Å². The molecule has 0 unspecified atom stereocenters. The van der Waals surface area contributed by atoms with Gasteiger partial charge in [0.15, 0.2) is 0 Å².